The molecule has 0 atom stereocenters. The molecule has 30 heavy (non-hydrogen) atoms. The molecule has 2 aromatic carbocycles. The number of urea groups is 1. The number of nitrogens with zero attached hydrogens (tertiary/aromatic N) is 1. The fourth-order valence-corrected chi connectivity index (χ4v) is 4.89. The number of H-pyrrole nitrogens is 1. The number of carbonyl (C=O) groups is 1. The zero-order valence-corrected chi connectivity index (χ0v) is 18.4. The molecule has 0 saturated heterocycles. The molecule has 1 saturated carbocycles. The number of carbonyl (C=O) groups excluding carboxylic acids is 1. The summed E-state index contributed by atoms with van der Waals surface area (Å²) in [6, 6.07) is 13.1. The van der Waals surface area contributed by atoms with Crippen LogP contribution in [0.5, 0.6) is 0 Å². The van der Waals surface area contributed by atoms with Gasteiger partial charge >= 0.3 is 6.03 Å². The largest absolute Gasteiger partial charge is 0.361 e. The van der Waals surface area contributed by atoms with Gasteiger partial charge in [-0.15, -0.1) is 0 Å². The minimum Gasteiger partial charge on any atom is -0.361 e. The SMILES string of the molecule is Cc1cc(C)c(NC(=O)N(Cc2ccc3[nH]ccc3c2)C2CCCCCC2)c(C)c1. The molecule has 158 valence electrons. The van der Waals surface area contributed by atoms with Crippen LogP contribution in [0.1, 0.15) is 60.8 Å². The number of hydrogen-bond acceptors (Lipinski definition) is 1. The van der Waals surface area contributed by atoms with Gasteiger partial charge in [0.15, 0.2) is 0 Å². The highest BCUT2D eigenvalue weighted by Crippen LogP contribution is 2.27. The van der Waals surface area contributed by atoms with Crippen molar-refractivity contribution in [3.63, 3.8) is 0 Å². The molecule has 0 radical (unpaired) electrons. The van der Waals surface area contributed by atoms with E-state index in [1.54, 1.807) is 0 Å². The molecule has 2 N–H and O–H groups in total. The lowest BCUT2D eigenvalue weighted by Gasteiger charge is -2.32. The van der Waals surface area contributed by atoms with Crippen LogP contribution in [0.25, 0.3) is 10.9 Å². The average Bonchev–Trinajstić information content (AvgIpc) is 3.01. The van der Waals surface area contributed by atoms with Gasteiger partial charge in [0.05, 0.1) is 0 Å². The van der Waals surface area contributed by atoms with Crippen molar-refractivity contribution in [1.82, 2.24) is 9.88 Å². The zero-order valence-electron chi connectivity index (χ0n) is 18.4. The number of aryl methyl sites for hydroxylation is 3. The van der Waals surface area contributed by atoms with Crippen LogP contribution in [0.4, 0.5) is 10.5 Å². The molecule has 4 rings (SSSR count). The summed E-state index contributed by atoms with van der Waals surface area (Å²) in [4.78, 5) is 18.9. The summed E-state index contributed by atoms with van der Waals surface area (Å²) in [5.74, 6) is 0. The van der Waals surface area contributed by atoms with Crippen LogP contribution in [0, 0.1) is 20.8 Å². The quantitative estimate of drug-likeness (QED) is 0.460. The second-order valence-electron chi connectivity index (χ2n) is 8.88. The molecular formula is C26H33N3O. The minimum atomic E-state index is 0.0196. The number of benzene rings is 2. The van der Waals surface area contributed by atoms with E-state index in [-0.39, 0.29) is 6.03 Å². The summed E-state index contributed by atoms with van der Waals surface area (Å²) in [5, 5.41) is 4.45. The Balaban J connectivity index is 1.61. The molecule has 1 aromatic heterocycles. The van der Waals surface area contributed by atoms with Gasteiger partial charge in [-0.3, -0.25) is 0 Å². The third-order valence-electron chi connectivity index (χ3n) is 6.41. The van der Waals surface area contributed by atoms with Gasteiger partial charge in [-0.2, -0.15) is 0 Å². The van der Waals surface area contributed by atoms with Crippen molar-refractivity contribution in [2.75, 3.05) is 5.32 Å². The van der Waals surface area contributed by atoms with Gasteiger partial charge in [0.2, 0.25) is 0 Å². The van der Waals surface area contributed by atoms with Gasteiger partial charge in [0.25, 0.3) is 0 Å². The van der Waals surface area contributed by atoms with Gasteiger partial charge in [-0.25, -0.2) is 4.79 Å². The highest BCUT2D eigenvalue weighted by Gasteiger charge is 2.26. The van der Waals surface area contributed by atoms with E-state index in [2.05, 4.69) is 72.4 Å². The standard InChI is InChI=1S/C26H33N3O/c1-18-14-19(2)25(20(3)15-18)28-26(30)29(23-8-6-4-5-7-9-23)17-21-10-11-24-22(16-21)12-13-27-24/h10-16,23,27H,4-9,17H2,1-3H3,(H,28,30). The summed E-state index contributed by atoms with van der Waals surface area (Å²) < 4.78 is 0. The molecule has 1 aliphatic carbocycles. The van der Waals surface area contributed by atoms with Gasteiger partial charge in [0, 0.05) is 30.0 Å². The maximum atomic E-state index is 13.5. The molecule has 1 fully saturated rings. The second kappa shape index (κ2) is 8.95. The minimum absolute atomic E-state index is 0.0196. The van der Waals surface area contributed by atoms with E-state index < -0.39 is 0 Å². The molecular weight excluding hydrogens is 370 g/mol. The number of aromatic nitrogens is 1. The van der Waals surface area contributed by atoms with Crippen molar-refractivity contribution in [3.05, 3.63) is 64.8 Å². The molecule has 3 aromatic rings. The number of hydrogen-bond donors (Lipinski definition) is 2. The Morgan fingerprint density at radius 3 is 2.40 bits per heavy atom. The Hall–Kier alpha value is -2.75. The predicted octanol–water partition coefficient (Wildman–Crippen LogP) is 6.85. The molecule has 0 unspecified atom stereocenters. The van der Waals surface area contributed by atoms with Crippen LogP contribution in [-0.2, 0) is 6.54 Å². The number of fused-ring (bicyclic) bond motifs is 1. The Morgan fingerprint density at radius 2 is 1.70 bits per heavy atom. The van der Waals surface area contributed by atoms with Crippen LogP contribution >= 0.6 is 0 Å². The summed E-state index contributed by atoms with van der Waals surface area (Å²) in [5.41, 5.74) is 6.73. The van der Waals surface area contributed by atoms with E-state index in [1.165, 1.54) is 42.2 Å². The molecule has 0 aliphatic heterocycles. The molecule has 0 spiro atoms. The van der Waals surface area contributed by atoms with E-state index in [9.17, 15) is 4.79 Å². The van der Waals surface area contributed by atoms with Crippen LogP contribution in [0.2, 0.25) is 0 Å². The maximum Gasteiger partial charge on any atom is 0.322 e. The zero-order chi connectivity index (χ0) is 21.1. The smallest absolute Gasteiger partial charge is 0.322 e. The second-order valence-corrected chi connectivity index (χ2v) is 8.88. The predicted molar refractivity (Wildman–Crippen MR) is 125 cm³/mol. The lowest BCUT2D eigenvalue weighted by molar-refractivity contribution is 0.175. The van der Waals surface area contributed by atoms with E-state index in [1.807, 2.05) is 6.20 Å². The average molecular weight is 404 g/mol. The Bertz CT molecular complexity index is 1000. The Morgan fingerprint density at radius 1 is 1.00 bits per heavy atom. The van der Waals surface area contributed by atoms with Crippen molar-refractivity contribution < 1.29 is 4.79 Å². The van der Waals surface area contributed by atoms with Crippen LogP contribution in [0.3, 0.4) is 0 Å². The summed E-state index contributed by atoms with van der Waals surface area (Å²) in [7, 11) is 0. The van der Waals surface area contributed by atoms with E-state index in [4.69, 9.17) is 0 Å². The van der Waals surface area contributed by atoms with Crippen LogP contribution < -0.4 is 5.32 Å². The van der Waals surface area contributed by atoms with Crippen LogP contribution in [-0.4, -0.2) is 22.0 Å². The van der Waals surface area contributed by atoms with Gasteiger partial charge in [-0.05, 0) is 73.9 Å². The van der Waals surface area contributed by atoms with Crippen molar-refractivity contribution in [2.45, 2.75) is 71.9 Å². The highest BCUT2D eigenvalue weighted by molar-refractivity contribution is 5.91. The topological polar surface area (TPSA) is 48.1 Å². The molecule has 4 heteroatoms. The number of aromatic amines is 1. The Labute approximate surface area is 179 Å². The van der Waals surface area contributed by atoms with Crippen molar-refractivity contribution >= 4 is 22.6 Å². The lowest BCUT2D eigenvalue weighted by Crippen LogP contribution is -2.42. The van der Waals surface area contributed by atoms with E-state index in [0.29, 0.717) is 12.6 Å². The summed E-state index contributed by atoms with van der Waals surface area (Å²) >= 11 is 0. The van der Waals surface area contributed by atoms with Crippen LogP contribution in [0.15, 0.2) is 42.6 Å². The lowest BCUT2D eigenvalue weighted by atomic mass is 10.0. The maximum absolute atomic E-state index is 13.5. The first-order valence-electron chi connectivity index (χ1n) is 11.2. The van der Waals surface area contributed by atoms with E-state index in [0.717, 1.165) is 35.2 Å². The molecule has 2 amide bonds. The number of amides is 2. The highest BCUT2D eigenvalue weighted by atomic mass is 16.2. The molecule has 4 nitrogen and oxygen atoms in total. The summed E-state index contributed by atoms with van der Waals surface area (Å²) in [6.45, 7) is 6.89. The third-order valence-corrected chi connectivity index (χ3v) is 6.41. The fraction of sp³-hybridized carbons (Fsp3) is 0.423. The van der Waals surface area contributed by atoms with Gasteiger partial charge in [-0.1, -0.05) is 49.4 Å². The van der Waals surface area contributed by atoms with E-state index >= 15 is 0 Å². The van der Waals surface area contributed by atoms with Gasteiger partial charge < -0.3 is 15.2 Å². The first-order valence-corrected chi connectivity index (χ1v) is 11.2. The molecule has 0 bridgehead atoms. The number of rotatable bonds is 4. The Kier molecular flexibility index (Phi) is 6.12. The normalized spacial score (nSPS) is 15.2. The monoisotopic (exact) mass is 403 g/mol. The first-order chi connectivity index (χ1) is 14.5. The molecule has 1 aliphatic rings. The number of anilines is 1. The van der Waals surface area contributed by atoms with Crippen molar-refractivity contribution in [2.24, 2.45) is 0 Å². The third kappa shape index (κ3) is 4.53. The van der Waals surface area contributed by atoms with Gasteiger partial charge in [0.1, 0.15) is 0 Å². The first kappa shape index (κ1) is 20.5. The summed E-state index contributed by atoms with van der Waals surface area (Å²) in [6.07, 6.45) is 9.10. The molecule has 1 heterocycles. The fourth-order valence-electron chi connectivity index (χ4n) is 4.89. The van der Waals surface area contributed by atoms with Crippen molar-refractivity contribution in [3.8, 4) is 0 Å². The number of nitrogens with one attached hydrogen (secondary N) is 2. The van der Waals surface area contributed by atoms with Crippen molar-refractivity contribution in [1.29, 1.82) is 0 Å².